The first kappa shape index (κ1) is 12.8. The van der Waals surface area contributed by atoms with Crippen molar-refractivity contribution in [1.82, 2.24) is 10.2 Å². The van der Waals surface area contributed by atoms with Crippen molar-refractivity contribution in [3.63, 3.8) is 0 Å². The summed E-state index contributed by atoms with van der Waals surface area (Å²) in [7, 11) is 1.51. The van der Waals surface area contributed by atoms with Crippen LogP contribution < -0.4 is 5.32 Å². The summed E-state index contributed by atoms with van der Waals surface area (Å²) in [4.78, 5) is 14.3. The highest BCUT2D eigenvalue weighted by atomic mass is 16.5. The summed E-state index contributed by atoms with van der Waals surface area (Å²) in [5.74, 6) is 0.505. The second kappa shape index (κ2) is 5.83. The molecule has 17 heavy (non-hydrogen) atoms. The number of esters is 1. The van der Waals surface area contributed by atoms with E-state index in [1.54, 1.807) is 0 Å². The van der Waals surface area contributed by atoms with E-state index in [1.807, 2.05) is 0 Å². The maximum absolute atomic E-state index is 12.0. The van der Waals surface area contributed by atoms with Gasteiger partial charge in [0.15, 0.2) is 0 Å². The van der Waals surface area contributed by atoms with E-state index in [0.717, 1.165) is 32.5 Å². The Morgan fingerprint density at radius 3 is 2.47 bits per heavy atom. The smallest absolute Gasteiger partial charge is 0.323 e. The fraction of sp³-hybridized carbons (Fsp3) is 0.923. The number of rotatable bonds is 5. The van der Waals surface area contributed by atoms with Gasteiger partial charge in [-0.2, -0.15) is 0 Å². The Kier molecular flexibility index (Phi) is 4.40. The van der Waals surface area contributed by atoms with E-state index in [1.165, 1.54) is 20.0 Å². The molecule has 4 nitrogen and oxygen atoms in total. The second-order valence-electron chi connectivity index (χ2n) is 5.12. The van der Waals surface area contributed by atoms with Gasteiger partial charge >= 0.3 is 5.97 Å². The van der Waals surface area contributed by atoms with Crippen LogP contribution in [0.4, 0.5) is 0 Å². The van der Waals surface area contributed by atoms with Crippen LogP contribution in [0.3, 0.4) is 0 Å². The van der Waals surface area contributed by atoms with Gasteiger partial charge in [0, 0.05) is 6.04 Å². The van der Waals surface area contributed by atoms with Gasteiger partial charge in [0.1, 0.15) is 6.04 Å². The number of ether oxygens (including phenoxy) is 1. The molecule has 0 aromatic heterocycles. The van der Waals surface area contributed by atoms with Gasteiger partial charge in [-0.25, -0.2) is 0 Å². The Hall–Kier alpha value is -0.610. The third-order valence-corrected chi connectivity index (χ3v) is 4.01. The van der Waals surface area contributed by atoms with Crippen molar-refractivity contribution in [1.29, 1.82) is 0 Å². The third-order valence-electron chi connectivity index (χ3n) is 4.01. The lowest BCUT2D eigenvalue weighted by atomic mass is 10.0. The van der Waals surface area contributed by atoms with E-state index in [9.17, 15) is 4.79 Å². The van der Waals surface area contributed by atoms with E-state index in [-0.39, 0.29) is 12.0 Å². The number of methoxy groups -OCH3 is 1. The van der Waals surface area contributed by atoms with E-state index in [4.69, 9.17) is 4.74 Å². The fourth-order valence-electron chi connectivity index (χ4n) is 2.95. The molecule has 98 valence electrons. The van der Waals surface area contributed by atoms with Crippen molar-refractivity contribution in [2.45, 2.75) is 44.7 Å². The predicted octanol–water partition coefficient (Wildman–Crippen LogP) is 1.01. The summed E-state index contributed by atoms with van der Waals surface area (Å²) in [6.07, 6.45) is 4.66. The number of carbonyl (C=O) groups is 1. The Morgan fingerprint density at radius 2 is 2.00 bits per heavy atom. The first-order valence-corrected chi connectivity index (χ1v) is 6.82. The van der Waals surface area contributed by atoms with Crippen LogP contribution in [0.2, 0.25) is 0 Å². The molecule has 1 aliphatic carbocycles. The van der Waals surface area contributed by atoms with Crippen molar-refractivity contribution >= 4 is 5.97 Å². The molecule has 2 rings (SSSR count). The average Bonchev–Trinajstić information content (AvgIpc) is 3.20. The fourth-order valence-corrected chi connectivity index (χ4v) is 2.95. The van der Waals surface area contributed by atoms with Crippen LogP contribution in [0.15, 0.2) is 0 Å². The van der Waals surface area contributed by atoms with Crippen molar-refractivity contribution in [3.05, 3.63) is 0 Å². The van der Waals surface area contributed by atoms with E-state index in [0.29, 0.717) is 12.0 Å². The van der Waals surface area contributed by atoms with Crippen LogP contribution in [-0.4, -0.2) is 49.7 Å². The Balaban J connectivity index is 2.04. The molecule has 1 aliphatic heterocycles. The Bertz CT molecular complexity index is 260. The molecule has 2 fully saturated rings. The molecule has 4 heteroatoms. The van der Waals surface area contributed by atoms with Gasteiger partial charge in [0.05, 0.1) is 7.11 Å². The first-order chi connectivity index (χ1) is 8.27. The zero-order valence-electron chi connectivity index (χ0n) is 10.9. The Labute approximate surface area is 104 Å². The van der Waals surface area contributed by atoms with Gasteiger partial charge in [0.25, 0.3) is 0 Å². The largest absolute Gasteiger partial charge is 0.468 e. The molecule has 1 atom stereocenters. The van der Waals surface area contributed by atoms with Crippen molar-refractivity contribution in [2.75, 3.05) is 26.7 Å². The molecule has 1 saturated carbocycles. The van der Waals surface area contributed by atoms with E-state index < -0.39 is 0 Å². The lowest BCUT2D eigenvalue weighted by Crippen LogP contribution is -2.52. The van der Waals surface area contributed by atoms with Crippen LogP contribution in [0, 0.1) is 5.92 Å². The molecule has 2 aliphatic rings. The number of hydrogen-bond donors (Lipinski definition) is 1. The van der Waals surface area contributed by atoms with Crippen molar-refractivity contribution in [3.8, 4) is 0 Å². The molecule has 0 aromatic carbocycles. The SMILES string of the molecule is CCN(C1CCNCC1)C(C(=O)OC)C1CC1. The molecule has 0 radical (unpaired) electrons. The van der Waals surface area contributed by atoms with Crippen LogP contribution in [0.1, 0.15) is 32.6 Å². The zero-order chi connectivity index (χ0) is 12.3. The summed E-state index contributed by atoms with van der Waals surface area (Å²) < 4.78 is 4.99. The molecule has 0 bridgehead atoms. The molecular weight excluding hydrogens is 216 g/mol. The number of nitrogens with one attached hydrogen (secondary N) is 1. The van der Waals surface area contributed by atoms with Gasteiger partial charge < -0.3 is 10.1 Å². The minimum absolute atomic E-state index is 0.00750. The summed E-state index contributed by atoms with van der Waals surface area (Å²) in [5, 5.41) is 3.38. The molecule has 1 N–H and O–H groups in total. The predicted molar refractivity (Wildman–Crippen MR) is 66.8 cm³/mol. The maximum atomic E-state index is 12.0. The molecule has 1 heterocycles. The monoisotopic (exact) mass is 240 g/mol. The van der Waals surface area contributed by atoms with E-state index >= 15 is 0 Å². The number of piperidine rings is 1. The Morgan fingerprint density at radius 1 is 1.35 bits per heavy atom. The highest BCUT2D eigenvalue weighted by Crippen LogP contribution is 2.37. The van der Waals surface area contributed by atoms with Crippen LogP contribution >= 0.6 is 0 Å². The van der Waals surface area contributed by atoms with Crippen molar-refractivity contribution < 1.29 is 9.53 Å². The highest BCUT2D eigenvalue weighted by Gasteiger charge is 2.42. The number of nitrogens with zero attached hydrogens (tertiary/aromatic N) is 1. The third kappa shape index (κ3) is 2.99. The van der Waals surface area contributed by atoms with Gasteiger partial charge in [-0.05, 0) is 51.2 Å². The molecule has 0 spiro atoms. The van der Waals surface area contributed by atoms with Gasteiger partial charge in [0.2, 0.25) is 0 Å². The molecular formula is C13H24N2O2. The quantitative estimate of drug-likeness (QED) is 0.728. The van der Waals surface area contributed by atoms with Gasteiger partial charge in [-0.3, -0.25) is 9.69 Å². The molecule has 1 saturated heterocycles. The molecule has 0 amide bonds. The lowest BCUT2D eigenvalue weighted by molar-refractivity contribution is -0.149. The number of carbonyl (C=O) groups excluding carboxylic acids is 1. The molecule has 0 aromatic rings. The van der Waals surface area contributed by atoms with Crippen LogP contribution in [0.5, 0.6) is 0 Å². The normalized spacial score (nSPS) is 23.7. The minimum Gasteiger partial charge on any atom is -0.468 e. The standard InChI is InChI=1S/C13H24N2O2/c1-3-15(11-6-8-14-9-7-11)12(10-4-5-10)13(16)17-2/h10-12,14H,3-9H2,1-2H3. The number of likely N-dealkylation sites (N-methyl/N-ethyl adjacent to an activating group) is 1. The lowest BCUT2D eigenvalue weighted by Gasteiger charge is -2.38. The zero-order valence-corrected chi connectivity index (χ0v) is 10.9. The minimum atomic E-state index is -0.0344. The summed E-state index contributed by atoms with van der Waals surface area (Å²) in [6, 6.07) is 0.555. The summed E-state index contributed by atoms with van der Waals surface area (Å²) in [5.41, 5.74) is 0. The topological polar surface area (TPSA) is 41.6 Å². The number of hydrogen-bond acceptors (Lipinski definition) is 4. The maximum Gasteiger partial charge on any atom is 0.323 e. The molecule has 1 unspecified atom stereocenters. The highest BCUT2D eigenvalue weighted by molar-refractivity contribution is 5.76. The van der Waals surface area contributed by atoms with Crippen LogP contribution in [0.25, 0.3) is 0 Å². The van der Waals surface area contributed by atoms with E-state index in [2.05, 4.69) is 17.1 Å². The second-order valence-corrected chi connectivity index (χ2v) is 5.12. The average molecular weight is 240 g/mol. The van der Waals surface area contributed by atoms with Crippen molar-refractivity contribution in [2.24, 2.45) is 5.92 Å². The summed E-state index contributed by atoms with van der Waals surface area (Å²) >= 11 is 0. The first-order valence-electron chi connectivity index (χ1n) is 6.82. The summed E-state index contributed by atoms with van der Waals surface area (Å²) in [6.45, 7) is 5.24. The van der Waals surface area contributed by atoms with Gasteiger partial charge in [-0.15, -0.1) is 0 Å². The van der Waals surface area contributed by atoms with Crippen LogP contribution in [-0.2, 0) is 9.53 Å². The van der Waals surface area contributed by atoms with Gasteiger partial charge in [-0.1, -0.05) is 6.92 Å².